The molecule has 0 saturated heterocycles. The molecule has 1 aliphatic rings. The van der Waals surface area contributed by atoms with Crippen molar-refractivity contribution in [3.05, 3.63) is 30.2 Å². The molecule has 0 radical (unpaired) electrons. The number of fused-ring (bicyclic) bond motifs is 1. The fraction of sp³-hybridized carbons (Fsp3) is 0.385. The van der Waals surface area contributed by atoms with E-state index in [1.54, 1.807) is 0 Å². The molecule has 1 heterocycles. The largest absolute Gasteiger partial charge is 0.388 e. The lowest BCUT2D eigenvalue weighted by molar-refractivity contribution is 0.715. The van der Waals surface area contributed by atoms with E-state index >= 15 is 0 Å². The summed E-state index contributed by atoms with van der Waals surface area (Å²) in [4.78, 5) is 9.12. The first kappa shape index (κ1) is 9.58. The topological polar surface area (TPSA) is 37.8 Å². The molecule has 3 heteroatoms. The number of hydrogen-bond donors (Lipinski definition) is 1. The van der Waals surface area contributed by atoms with Crippen molar-refractivity contribution in [1.29, 1.82) is 0 Å². The first-order valence-corrected chi connectivity index (χ1v) is 5.66. The van der Waals surface area contributed by atoms with Gasteiger partial charge in [-0.2, -0.15) is 0 Å². The zero-order chi connectivity index (χ0) is 11.2. The van der Waals surface area contributed by atoms with Crippen molar-refractivity contribution in [2.45, 2.75) is 25.2 Å². The maximum atomic E-state index is 4.65. The summed E-state index contributed by atoms with van der Waals surface area (Å²) in [5, 5.41) is 4.22. The summed E-state index contributed by atoms with van der Waals surface area (Å²) in [6.07, 6.45) is 4.36. The fourth-order valence-corrected chi connectivity index (χ4v) is 1.89. The third kappa shape index (κ3) is 1.43. The first-order chi connectivity index (χ1) is 7.71. The summed E-state index contributed by atoms with van der Waals surface area (Å²) < 4.78 is 0. The molecule has 1 N–H and O–H groups in total. The molecule has 1 saturated carbocycles. The lowest BCUT2D eigenvalue weighted by Gasteiger charge is -2.08. The second-order valence-corrected chi connectivity index (χ2v) is 4.78. The van der Waals surface area contributed by atoms with Gasteiger partial charge >= 0.3 is 0 Å². The first-order valence-electron chi connectivity index (χ1n) is 5.66. The van der Waals surface area contributed by atoms with Gasteiger partial charge in [0.2, 0.25) is 0 Å². The Hall–Kier alpha value is -1.64. The molecule has 16 heavy (non-hydrogen) atoms. The van der Waals surface area contributed by atoms with Crippen molar-refractivity contribution in [2.75, 3.05) is 12.4 Å². The highest BCUT2D eigenvalue weighted by Crippen LogP contribution is 2.45. The van der Waals surface area contributed by atoms with E-state index in [1.165, 1.54) is 12.8 Å². The monoisotopic (exact) mass is 213 g/mol. The van der Waals surface area contributed by atoms with E-state index in [-0.39, 0.29) is 5.41 Å². The molecule has 3 nitrogen and oxygen atoms in total. The molecule has 0 unspecified atom stereocenters. The summed E-state index contributed by atoms with van der Waals surface area (Å²) in [6.45, 7) is 2.23. The van der Waals surface area contributed by atoms with Crippen LogP contribution < -0.4 is 5.32 Å². The SMILES string of the molecule is CNc1ccc2nc(C3(C)CC3)ncc2c1. The molecule has 3 rings (SSSR count). The molecular weight excluding hydrogens is 198 g/mol. The number of rotatable bonds is 2. The highest BCUT2D eigenvalue weighted by molar-refractivity contribution is 5.81. The van der Waals surface area contributed by atoms with E-state index in [0.29, 0.717) is 0 Å². The Morgan fingerprint density at radius 2 is 2.12 bits per heavy atom. The van der Waals surface area contributed by atoms with E-state index in [1.807, 2.05) is 19.3 Å². The van der Waals surface area contributed by atoms with Gasteiger partial charge in [-0.15, -0.1) is 0 Å². The van der Waals surface area contributed by atoms with Crippen LogP contribution in [0.3, 0.4) is 0 Å². The Morgan fingerprint density at radius 3 is 2.81 bits per heavy atom. The van der Waals surface area contributed by atoms with Gasteiger partial charge in [0.05, 0.1) is 5.52 Å². The van der Waals surface area contributed by atoms with Crippen molar-refractivity contribution in [2.24, 2.45) is 0 Å². The van der Waals surface area contributed by atoms with Crippen LogP contribution in [0.5, 0.6) is 0 Å². The summed E-state index contributed by atoms with van der Waals surface area (Å²) >= 11 is 0. The van der Waals surface area contributed by atoms with Crippen molar-refractivity contribution < 1.29 is 0 Å². The number of aromatic nitrogens is 2. The van der Waals surface area contributed by atoms with Gasteiger partial charge in [0.1, 0.15) is 5.82 Å². The Kier molecular flexibility index (Phi) is 1.90. The minimum Gasteiger partial charge on any atom is -0.388 e. The van der Waals surface area contributed by atoms with Gasteiger partial charge in [-0.05, 0) is 31.0 Å². The van der Waals surface area contributed by atoms with Crippen molar-refractivity contribution in [3.63, 3.8) is 0 Å². The van der Waals surface area contributed by atoms with Gasteiger partial charge in [0.25, 0.3) is 0 Å². The number of hydrogen-bond acceptors (Lipinski definition) is 3. The van der Waals surface area contributed by atoms with Crippen LogP contribution in [0.2, 0.25) is 0 Å². The van der Waals surface area contributed by atoms with Crippen LogP contribution in [-0.4, -0.2) is 17.0 Å². The minimum absolute atomic E-state index is 0.246. The molecule has 82 valence electrons. The zero-order valence-corrected chi connectivity index (χ0v) is 9.62. The second-order valence-electron chi connectivity index (χ2n) is 4.78. The zero-order valence-electron chi connectivity index (χ0n) is 9.62. The van der Waals surface area contributed by atoms with Crippen LogP contribution in [0.1, 0.15) is 25.6 Å². The molecule has 0 bridgehead atoms. The van der Waals surface area contributed by atoms with Crippen LogP contribution in [-0.2, 0) is 5.41 Å². The Bertz CT molecular complexity index is 544. The quantitative estimate of drug-likeness (QED) is 0.833. The van der Waals surface area contributed by atoms with Gasteiger partial charge in [0.15, 0.2) is 0 Å². The number of anilines is 1. The van der Waals surface area contributed by atoms with E-state index in [2.05, 4.69) is 34.3 Å². The Labute approximate surface area is 94.9 Å². The van der Waals surface area contributed by atoms with Gasteiger partial charge < -0.3 is 5.32 Å². The van der Waals surface area contributed by atoms with Crippen molar-refractivity contribution >= 4 is 16.6 Å². The van der Waals surface area contributed by atoms with Gasteiger partial charge in [-0.3, -0.25) is 0 Å². The highest BCUT2D eigenvalue weighted by atomic mass is 14.9. The minimum atomic E-state index is 0.246. The third-order valence-electron chi connectivity index (χ3n) is 3.41. The highest BCUT2D eigenvalue weighted by Gasteiger charge is 2.41. The van der Waals surface area contributed by atoms with E-state index in [4.69, 9.17) is 0 Å². The number of benzene rings is 1. The van der Waals surface area contributed by atoms with E-state index in [0.717, 1.165) is 22.4 Å². The summed E-state index contributed by atoms with van der Waals surface area (Å²) in [5.41, 5.74) is 2.38. The molecular formula is C13H15N3. The molecule has 0 spiro atoms. The van der Waals surface area contributed by atoms with Crippen LogP contribution >= 0.6 is 0 Å². The summed E-state index contributed by atoms with van der Waals surface area (Å²) in [7, 11) is 1.92. The van der Waals surface area contributed by atoms with Gasteiger partial charge in [-0.1, -0.05) is 6.92 Å². The second kappa shape index (κ2) is 3.17. The third-order valence-corrected chi connectivity index (χ3v) is 3.41. The average Bonchev–Trinajstić information content (AvgIpc) is 3.07. The predicted octanol–water partition coefficient (Wildman–Crippen LogP) is 2.72. The Morgan fingerprint density at radius 1 is 1.31 bits per heavy atom. The maximum Gasteiger partial charge on any atom is 0.134 e. The van der Waals surface area contributed by atoms with Crippen LogP contribution in [0, 0.1) is 0 Å². The standard InChI is InChI=1S/C13H15N3/c1-13(5-6-13)12-15-8-9-7-10(14-2)3-4-11(9)16-12/h3-4,7-8,14H,5-6H2,1-2H3. The number of nitrogens with zero attached hydrogens (tertiary/aromatic N) is 2. The molecule has 1 aromatic heterocycles. The van der Waals surface area contributed by atoms with Crippen LogP contribution in [0.15, 0.2) is 24.4 Å². The lowest BCUT2D eigenvalue weighted by atomic mass is 10.1. The number of nitrogens with one attached hydrogen (secondary N) is 1. The molecule has 0 aliphatic heterocycles. The van der Waals surface area contributed by atoms with E-state index in [9.17, 15) is 0 Å². The van der Waals surface area contributed by atoms with Gasteiger partial charge in [-0.25, -0.2) is 9.97 Å². The molecule has 2 aromatic rings. The fourth-order valence-electron chi connectivity index (χ4n) is 1.89. The molecule has 1 fully saturated rings. The summed E-state index contributed by atoms with van der Waals surface area (Å²) in [5.74, 6) is 0.997. The predicted molar refractivity (Wildman–Crippen MR) is 65.7 cm³/mol. The normalized spacial score (nSPS) is 17.4. The average molecular weight is 213 g/mol. The Balaban J connectivity index is 2.12. The smallest absolute Gasteiger partial charge is 0.134 e. The molecule has 1 aromatic carbocycles. The lowest BCUT2D eigenvalue weighted by Crippen LogP contribution is -2.06. The maximum absolute atomic E-state index is 4.65. The van der Waals surface area contributed by atoms with Crippen molar-refractivity contribution in [3.8, 4) is 0 Å². The van der Waals surface area contributed by atoms with Crippen LogP contribution in [0.25, 0.3) is 10.9 Å². The summed E-state index contributed by atoms with van der Waals surface area (Å²) in [6, 6.07) is 6.18. The molecule has 1 aliphatic carbocycles. The van der Waals surface area contributed by atoms with E-state index < -0.39 is 0 Å². The molecule has 0 amide bonds. The van der Waals surface area contributed by atoms with Crippen molar-refractivity contribution in [1.82, 2.24) is 9.97 Å². The molecule has 0 atom stereocenters. The van der Waals surface area contributed by atoms with Crippen LogP contribution in [0.4, 0.5) is 5.69 Å². The van der Waals surface area contributed by atoms with Gasteiger partial charge in [0, 0.05) is 29.7 Å².